The number of hydrogen-bond donors (Lipinski definition) is 2. The summed E-state index contributed by atoms with van der Waals surface area (Å²) in [5, 5.41) is 24.0. The normalized spacial score (nSPS) is 15.8. The molecule has 11 heteroatoms. The summed E-state index contributed by atoms with van der Waals surface area (Å²) in [6.07, 6.45) is 2.86. The molecule has 0 bridgehead atoms. The van der Waals surface area contributed by atoms with Crippen LogP contribution >= 0.6 is 23.2 Å². The van der Waals surface area contributed by atoms with Crippen LogP contribution in [-0.4, -0.2) is 38.4 Å². The second-order valence-corrected chi connectivity index (χ2v) is 8.60. The summed E-state index contributed by atoms with van der Waals surface area (Å²) in [5.41, 5.74) is -1.53. The van der Waals surface area contributed by atoms with Crippen LogP contribution in [0.5, 0.6) is 0 Å². The molecule has 2 aromatic carbocycles. The number of amides is 1. The lowest BCUT2D eigenvalue weighted by molar-refractivity contribution is -0.114. The van der Waals surface area contributed by atoms with Gasteiger partial charge in [-0.25, -0.2) is 4.39 Å². The fourth-order valence-electron chi connectivity index (χ4n) is 3.34. The SMILES string of the molecule is N#CC1(N[C@@](C=O)(Cc2ccc(Cl)c(Cl)c2)NC(=O)c2cnn(-c3ccc(F)cc3)n2)CC1. The fourth-order valence-corrected chi connectivity index (χ4v) is 3.66. The van der Waals surface area contributed by atoms with Crippen LogP contribution in [0.2, 0.25) is 10.0 Å². The van der Waals surface area contributed by atoms with Gasteiger partial charge in [-0.1, -0.05) is 29.3 Å². The van der Waals surface area contributed by atoms with E-state index in [-0.39, 0.29) is 12.1 Å². The first-order valence-electron chi connectivity index (χ1n) is 9.89. The predicted molar refractivity (Wildman–Crippen MR) is 118 cm³/mol. The first-order valence-corrected chi connectivity index (χ1v) is 10.6. The van der Waals surface area contributed by atoms with Gasteiger partial charge in [0.2, 0.25) is 0 Å². The largest absolute Gasteiger partial charge is 0.326 e. The van der Waals surface area contributed by atoms with Crippen molar-refractivity contribution in [2.45, 2.75) is 30.5 Å². The minimum Gasteiger partial charge on any atom is -0.326 e. The maximum absolute atomic E-state index is 13.2. The third kappa shape index (κ3) is 5.03. The Kier molecular flexibility index (Phi) is 6.17. The number of aldehydes is 1. The molecule has 1 aliphatic carbocycles. The van der Waals surface area contributed by atoms with Crippen LogP contribution in [0.25, 0.3) is 5.69 Å². The van der Waals surface area contributed by atoms with Gasteiger partial charge in [0.15, 0.2) is 17.6 Å². The minimum absolute atomic E-state index is 0.00859. The summed E-state index contributed by atoms with van der Waals surface area (Å²) < 4.78 is 13.2. The molecule has 33 heavy (non-hydrogen) atoms. The van der Waals surface area contributed by atoms with Gasteiger partial charge >= 0.3 is 0 Å². The molecule has 0 aliphatic heterocycles. The van der Waals surface area contributed by atoms with Crippen molar-refractivity contribution >= 4 is 35.4 Å². The maximum Gasteiger partial charge on any atom is 0.275 e. The van der Waals surface area contributed by atoms with E-state index in [4.69, 9.17) is 23.2 Å². The van der Waals surface area contributed by atoms with Crippen molar-refractivity contribution in [2.24, 2.45) is 0 Å². The molecule has 1 saturated carbocycles. The van der Waals surface area contributed by atoms with Gasteiger partial charge in [0.25, 0.3) is 5.91 Å². The highest BCUT2D eigenvalue weighted by atomic mass is 35.5. The molecule has 1 atom stereocenters. The van der Waals surface area contributed by atoms with Gasteiger partial charge < -0.3 is 5.32 Å². The summed E-state index contributed by atoms with van der Waals surface area (Å²) in [6, 6.07) is 12.4. The third-order valence-electron chi connectivity index (χ3n) is 5.21. The van der Waals surface area contributed by atoms with Crippen LogP contribution in [-0.2, 0) is 11.2 Å². The summed E-state index contributed by atoms with van der Waals surface area (Å²) in [7, 11) is 0. The van der Waals surface area contributed by atoms with E-state index in [9.17, 15) is 19.2 Å². The number of hydrogen-bond acceptors (Lipinski definition) is 6. The van der Waals surface area contributed by atoms with Crippen molar-refractivity contribution in [3.05, 3.63) is 75.8 Å². The van der Waals surface area contributed by atoms with Gasteiger partial charge in [0, 0.05) is 6.42 Å². The van der Waals surface area contributed by atoms with Crippen LogP contribution in [0.1, 0.15) is 28.9 Å². The smallest absolute Gasteiger partial charge is 0.275 e. The third-order valence-corrected chi connectivity index (χ3v) is 5.95. The Bertz CT molecular complexity index is 1250. The van der Waals surface area contributed by atoms with Gasteiger partial charge in [0.05, 0.1) is 28.0 Å². The molecule has 0 saturated heterocycles. The Hall–Kier alpha value is -3.32. The van der Waals surface area contributed by atoms with Crippen molar-refractivity contribution in [1.29, 1.82) is 5.26 Å². The molecular weight excluding hydrogens is 470 g/mol. The van der Waals surface area contributed by atoms with Crippen LogP contribution in [0.15, 0.2) is 48.7 Å². The van der Waals surface area contributed by atoms with E-state index in [1.807, 2.05) is 0 Å². The number of nitrogens with zero attached hydrogens (tertiary/aromatic N) is 4. The second kappa shape index (κ2) is 8.90. The van der Waals surface area contributed by atoms with Crippen LogP contribution in [0.4, 0.5) is 4.39 Å². The summed E-state index contributed by atoms with van der Waals surface area (Å²) in [4.78, 5) is 26.5. The summed E-state index contributed by atoms with van der Waals surface area (Å²) in [5.74, 6) is -1.10. The monoisotopic (exact) mass is 486 g/mol. The van der Waals surface area contributed by atoms with Gasteiger partial charge in [0.1, 0.15) is 11.4 Å². The lowest BCUT2D eigenvalue weighted by atomic mass is 9.98. The maximum atomic E-state index is 13.2. The van der Waals surface area contributed by atoms with Crippen molar-refractivity contribution in [3.63, 3.8) is 0 Å². The molecule has 0 unspecified atom stereocenters. The van der Waals surface area contributed by atoms with E-state index in [0.717, 1.165) is 0 Å². The Morgan fingerprint density at radius 2 is 1.97 bits per heavy atom. The number of nitrogens with one attached hydrogen (secondary N) is 2. The Labute approximate surface area is 198 Å². The lowest BCUT2D eigenvalue weighted by Crippen LogP contribution is -2.65. The number of aromatic nitrogens is 3. The molecule has 1 fully saturated rings. The molecule has 0 radical (unpaired) electrons. The molecule has 4 rings (SSSR count). The number of nitriles is 1. The van der Waals surface area contributed by atoms with Crippen molar-refractivity contribution in [2.75, 3.05) is 0 Å². The Balaban J connectivity index is 1.61. The molecule has 2 N–H and O–H groups in total. The standard InChI is InChI=1S/C22H17Cl2FN6O2/c23-17-6-1-14(9-18(17)24)10-22(13-32,30-21(12-26)7-8-21)28-20(33)19-11-27-31(29-19)16-4-2-15(25)3-5-16/h1-6,9,11,13,30H,7-8,10H2,(H,28,33)/t22-/m1/s1. The van der Waals surface area contributed by atoms with E-state index in [1.165, 1.54) is 35.3 Å². The zero-order chi connectivity index (χ0) is 23.6. The fraction of sp³-hybridized carbons (Fsp3) is 0.227. The number of benzene rings is 2. The number of rotatable bonds is 8. The first-order chi connectivity index (χ1) is 15.8. The quantitative estimate of drug-likeness (QED) is 0.373. The highest BCUT2D eigenvalue weighted by Gasteiger charge is 2.50. The van der Waals surface area contributed by atoms with E-state index in [0.29, 0.717) is 40.4 Å². The highest BCUT2D eigenvalue weighted by molar-refractivity contribution is 6.42. The molecule has 1 amide bonds. The molecular formula is C22H17Cl2FN6O2. The molecule has 0 spiro atoms. The van der Waals surface area contributed by atoms with E-state index >= 15 is 0 Å². The van der Waals surface area contributed by atoms with Gasteiger partial charge in [-0.2, -0.15) is 15.2 Å². The molecule has 1 heterocycles. The van der Waals surface area contributed by atoms with Crippen LogP contribution in [0.3, 0.4) is 0 Å². The summed E-state index contributed by atoms with van der Waals surface area (Å²) in [6.45, 7) is 0. The van der Waals surface area contributed by atoms with Crippen molar-refractivity contribution < 1.29 is 14.0 Å². The Morgan fingerprint density at radius 1 is 1.24 bits per heavy atom. The zero-order valence-electron chi connectivity index (χ0n) is 17.1. The first kappa shape index (κ1) is 22.9. The number of carbonyl (C=O) groups is 2. The average Bonchev–Trinajstić information content (AvgIpc) is 3.39. The highest BCUT2D eigenvalue weighted by Crippen LogP contribution is 2.36. The van der Waals surface area contributed by atoms with Gasteiger partial charge in [-0.05, 0) is 54.8 Å². The molecule has 1 aliphatic rings. The predicted octanol–water partition coefficient (Wildman–Crippen LogP) is 3.23. The van der Waals surface area contributed by atoms with E-state index < -0.39 is 22.9 Å². The zero-order valence-corrected chi connectivity index (χ0v) is 18.6. The average molecular weight is 487 g/mol. The van der Waals surface area contributed by atoms with Crippen molar-refractivity contribution in [1.82, 2.24) is 25.6 Å². The topological polar surface area (TPSA) is 113 Å². The van der Waals surface area contributed by atoms with Crippen LogP contribution < -0.4 is 10.6 Å². The minimum atomic E-state index is -1.61. The number of carbonyl (C=O) groups excluding carboxylic acids is 2. The summed E-state index contributed by atoms with van der Waals surface area (Å²) >= 11 is 12.1. The Morgan fingerprint density at radius 3 is 2.58 bits per heavy atom. The van der Waals surface area contributed by atoms with Crippen molar-refractivity contribution in [3.8, 4) is 11.8 Å². The number of halogens is 3. The molecule has 1 aromatic heterocycles. The molecule has 3 aromatic rings. The van der Waals surface area contributed by atoms with Crippen LogP contribution in [0, 0.1) is 17.1 Å². The van der Waals surface area contributed by atoms with Gasteiger partial charge in [-0.15, -0.1) is 5.10 Å². The second-order valence-electron chi connectivity index (χ2n) is 7.78. The van der Waals surface area contributed by atoms with E-state index in [2.05, 4.69) is 26.9 Å². The molecule has 8 nitrogen and oxygen atoms in total. The van der Waals surface area contributed by atoms with Gasteiger partial charge in [-0.3, -0.25) is 14.9 Å². The molecule has 168 valence electrons. The lowest BCUT2D eigenvalue weighted by Gasteiger charge is -2.32. The van der Waals surface area contributed by atoms with E-state index in [1.54, 1.807) is 18.2 Å².